The van der Waals surface area contributed by atoms with Crippen molar-refractivity contribution in [1.29, 1.82) is 0 Å². The maximum atomic E-state index is 5.88. The van der Waals surface area contributed by atoms with E-state index in [9.17, 15) is 0 Å². The molecule has 2 atom stereocenters. The average molecular weight is 254 g/mol. The lowest BCUT2D eigenvalue weighted by molar-refractivity contribution is -0.0564. The summed E-state index contributed by atoms with van der Waals surface area (Å²) >= 11 is 0. The Morgan fingerprint density at radius 2 is 2.22 bits per heavy atom. The Hall–Kier alpha value is -0.910. The first-order valence-corrected chi connectivity index (χ1v) is 6.73. The minimum Gasteiger partial charge on any atom is -0.374 e. The van der Waals surface area contributed by atoms with Gasteiger partial charge in [-0.15, -0.1) is 0 Å². The second-order valence-electron chi connectivity index (χ2n) is 4.74. The zero-order valence-corrected chi connectivity index (χ0v) is 11.9. The van der Waals surface area contributed by atoms with E-state index in [0.717, 1.165) is 24.9 Å². The summed E-state index contributed by atoms with van der Waals surface area (Å²) in [7, 11) is 0. The van der Waals surface area contributed by atoms with Crippen LogP contribution in [0.1, 0.15) is 52.1 Å². The molecule has 1 heterocycles. The molecule has 3 N–H and O–H groups in total. The van der Waals surface area contributed by atoms with Gasteiger partial charge < -0.3 is 4.74 Å². The number of hydrogen-bond donors (Lipinski definition) is 2. The second-order valence-corrected chi connectivity index (χ2v) is 4.74. The van der Waals surface area contributed by atoms with Crippen LogP contribution >= 0.6 is 0 Å². The highest BCUT2D eigenvalue weighted by atomic mass is 16.5. The lowest BCUT2D eigenvalue weighted by Crippen LogP contribution is -2.46. The van der Waals surface area contributed by atoms with Crippen molar-refractivity contribution in [3.63, 3.8) is 0 Å². The molecule has 0 aromatic carbocycles. The molecule has 0 aliphatic rings. The highest BCUT2D eigenvalue weighted by Gasteiger charge is 2.34. The molecule has 1 aromatic rings. The molecule has 0 aliphatic heterocycles. The standard InChI is InChI=1S/C13H26N4O/c1-5-8-17-10-11(9-15-17)12(16-14)13(4,6-2)18-7-3/h9-10,12,16H,5-8,14H2,1-4H3. The lowest BCUT2D eigenvalue weighted by atomic mass is 9.89. The molecule has 5 nitrogen and oxygen atoms in total. The van der Waals surface area contributed by atoms with E-state index in [1.807, 2.05) is 24.0 Å². The molecule has 0 bridgehead atoms. The molecule has 0 radical (unpaired) electrons. The third-order valence-electron chi connectivity index (χ3n) is 3.39. The van der Waals surface area contributed by atoms with Crippen molar-refractivity contribution in [1.82, 2.24) is 15.2 Å². The highest BCUT2D eigenvalue weighted by molar-refractivity contribution is 5.15. The molecule has 0 amide bonds. The molecular formula is C13H26N4O. The van der Waals surface area contributed by atoms with Gasteiger partial charge in [0.15, 0.2) is 0 Å². The smallest absolute Gasteiger partial charge is 0.0859 e. The maximum absolute atomic E-state index is 5.88. The highest BCUT2D eigenvalue weighted by Crippen LogP contribution is 2.31. The van der Waals surface area contributed by atoms with E-state index in [1.165, 1.54) is 0 Å². The molecule has 1 rings (SSSR count). The van der Waals surface area contributed by atoms with E-state index >= 15 is 0 Å². The van der Waals surface area contributed by atoms with Crippen molar-refractivity contribution in [2.45, 2.75) is 58.7 Å². The largest absolute Gasteiger partial charge is 0.374 e. The van der Waals surface area contributed by atoms with Crippen molar-refractivity contribution < 1.29 is 4.74 Å². The number of rotatable bonds is 8. The third-order valence-corrected chi connectivity index (χ3v) is 3.39. The van der Waals surface area contributed by atoms with E-state index in [-0.39, 0.29) is 11.6 Å². The van der Waals surface area contributed by atoms with E-state index in [0.29, 0.717) is 6.61 Å². The number of aromatic nitrogens is 2. The van der Waals surface area contributed by atoms with E-state index in [2.05, 4.69) is 31.3 Å². The zero-order valence-electron chi connectivity index (χ0n) is 11.9. The van der Waals surface area contributed by atoms with E-state index in [1.54, 1.807) is 0 Å². The van der Waals surface area contributed by atoms with Gasteiger partial charge in [-0.1, -0.05) is 13.8 Å². The van der Waals surface area contributed by atoms with Crippen molar-refractivity contribution in [3.8, 4) is 0 Å². The zero-order chi connectivity index (χ0) is 13.6. The van der Waals surface area contributed by atoms with Crippen LogP contribution in [0.4, 0.5) is 0 Å². The summed E-state index contributed by atoms with van der Waals surface area (Å²) in [6.45, 7) is 9.92. The Kier molecular flexibility index (Phi) is 5.78. The van der Waals surface area contributed by atoms with Gasteiger partial charge in [-0.05, 0) is 26.7 Å². The number of nitrogens with zero attached hydrogens (tertiary/aromatic N) is 2. The first-order valence-electron chi connectivity index (χ1n) is 6.73. The quantitative estimate of drug-likeness (QED) is 0.550. The van der Waals surface area contributed by atoms with Gasteiger partial charge in [-0.25, -0.2) is 5.43 Å². The fourth-order valence-electron chi connectivity index (χ4n) is 2.22. The van der Waals surface area contributed by atoms with E-state index < -0.39 is 0 Å². The van der Waals surface area contributed by atoms with Gasteiger partial charge >= 0.3 is 0 Å². The maximum Gasteiger partial charge on any atom is 0.0859 e. The predicted molar refractivity (Wildman–Crippen MR) is 72.9 cm³/mol. The van der Waals surface area contributed by atoms with Crippen molar-refractivity contribution >= 4 is 0 Å². The van der Waals surface area contributed by atoms with Gasteiger partial charge in [0.25, 0.3) is 0 Å². The number of ether oxygens (including phenoxy) is 1. The number of nitrogens with two attached hydrogens (primary N) is 1. The molecule has 0 saturated carbocycles. The summed E-state index contributed by atoms with van der Waals surface area (Å²) in [6.07, 6.45) is 5.86. The van der Waals surface area contributed by atoms with Crippen LogP contribution in [-0.4, -0.2) is 22.0 Å². The Morgan fingerprint density at radius 1 is 1.50 bits per heavy atom. The molecule has 5 heteroatoms. The molecule has 0 fully saturated rings. The van der Waals surface area contributed by atoms with Crippen molar-refractivity contribution in [2.24, 2.45) is 5.84 Å². The van der Waals surface area contributed by atoms with E-state index in [4.69, 9.17) is 10.6 Å². The minimum absolute atomic E-state index is 0.0481. The number of hydrogen-bond acceptors (Lipinski definition) is 4. The predicted octanol–water partition coefficient (Wildman–Crippen LogP) is 2.00. The molecule has 2 unspecified atom stereocenters. The third kappa shape index (κ3) is 3.31. The topological polar surface area (TPSA) is 65.1 Å². The summed E-state index contributed by atoms with van der Waals surface area (Å²) in [5.74, 6) is 5.71. The molecule has 0 saturated heterocycles. The van der Waals surface area contributed by atoms with Crippen LogP contribution in [0.25, 0.3) is 0 Å². The summed E-state index contributed by atoms with van der Waals surface area (Å²) in [5.41, 5.74) is 3.63. The van der Waals surface area contributed by atoms with Gasteiger partial charge in [-0.3, -0.25) is 10.5 Å². The Balaban J connectivity index is 2.92. The Morgan fingerprint density at radius 3 is 2.72 bits per heavy atom. The fraction of sp³-hybridized carbons (Fsp3) is 0.769. The first kappa shape index (κ1) is 15.1. The van der Waals surface area contributed by atoms with Crippen molar-refractivity contribution in [3.05, 3.63) is 18.0 Å². The van der Waals surface area contributed by atoms with Gasteiger partial charge in [0, 0.05) is 24.9 Å². The molecule has 0 aliphatic carbocycles. The van der Waals surface area contributed by atoms with Crippen LogP contribution in [0.5, 0.6) is 0 Å². The Bertz CT molecular complexity index is 353. The number of hydrazine groups is 1. The van der Waals surface area contributed by atoms with Crippen LogP contribution in [0.2, 0.25) is 0 Å². The lowest BCUT2D eigenvalue weighted by Gasteiger charge is -2.35. The molecule has 0 spiro atoms. The average Bonchev–Trinajstić information content (AvgIpc) is 2.79. The molecular weight excluding hydrogens is 228 g/mol. The van der Waals surface area contributed by atoms with Gasteiger partial charge in [0.1, 0.15) is 0 Å². The molecule has 1 aromatic heterocycles. The van der Waals surface area contributed by atoms with Gasteiger partial charge in [-0.2, -0.15) is 5.10 Å². The van der Waals surface area contributed by atoms with Crippen LogP contribution in [0.15, 0.2) is 12.4 Å². The summed E-state index contributed by atoms with van der Waals surface area (Å²) in [4.78, 5) is 0. The first-order chi connectivity index (χ1) is 8.61. The summed E-state index contributed by atoms with van der Waals surface area (Å²) in [6, 6.07) is -0.0481. The summed E-state index contributed by atoms with van der Waals surface area (Å²) in [5, 5.41) is 4.35. The van der Waals surface area contributed by atoms with Crippen LogP contribution in [0, 0.1) is 0 Å². The fourth-order valence-corrected chi connectivity index (χ4v) is 2.22. The SMILES string of the molecule is CCCn1cc(C(NN)C(C)(CC)OCC)cn1. The van der Waals surface area contributed by atoms with Crippen LogP contribution < -0.4 is 11.3 Å². The van der Waals surface area contributed by atoms with Crippen molar-refractivity contribution in [2.75, 3.05) is 6.61 Å². The number of aryl methyl sites for hydroxylation is 1. The Labute approximate surface area is 110 Å². The second kappa shape index (κ2) is 6.87. The van der Waals surface area contributed by atoms with Gasteiger partial charge in [0.2, 0.25) is 0 Å². The van der Waals surface area contributed by atoms with Crippen LogP contribution in [-0.2, 0) is 11.3 Å². The molecule has 104 valence electrons. The van der Waals surface area contributed by atoms with Crippen LogP contribution in [0.3, 0.4) is 0 Å². The minimum atomic E-state index is -0.316. The number of nitrogens with one attached hydrogen (secondary N) is 1. The monoisotopic (exact) mass is 254 g/mol. The molecule has 18 heavy (non-hydrogen) atoms. The van der Waals surface area contributed by atoms with Gasteiger partial charge in [0.05, 0.1) is 17.8 Å². The summed E-state index contributed by atoms with van der Waals surface area (Å²) < 4.78 is 7.82. The normalized spacial score (nSPS) is 16.5.